The Balaban J connectivity index is 1.47. The molecule has 3 aromatic carbocycles. The molecule has 0 atom stereocenters. The third-order valence-electron chi connectivity index (χ3n) is 5.66. The molecule has 7 nitrogen and oxygen atoms in total. The molecule has 0 amide bonds. The summed E-state index contributed by atoms with van der Waals surface area (Å²) in [5.74, 6) is 0.802. The number of carbonyl (C=O) groups excluding carboxylic acids is 1. The number of hydrogen-bond donors (Lipinski definition) is 0. The van der Waals surface area contributed by atoms with Crippen molar-refractivity contribution in [1.82, 2.24) is 0 Å². The number of aryl methyl sites for hydroxylation is 1. The third-order valence-corrected chi connectivity index (χ3v) is 5.66. The molecule has 0 aliphatic carbocycles. The molecule has 7 heteroatoms. The molecule has 2 heterocycles. The number of benzene rings is 3. The van der Waals surface area contributed by atoms with Crippen LogP contribution in [0.5, 0.6) is 17.2 Å². The molecule has 0 spiro atoms. The predicted octanol–water partition coefficient (Wildman–Crippen LogP) is 5.75. The summed E-state index contributed by atoms with van der Waals surface area (Å²) in [5.41, 5.74) is 2.25. The van der Waals surface area contributed by atoms with Crippen LogP contribution in [-0.2, 0) is 0 Å². The van der Waals surface area contributed by atoms with E-state index < -0.39 is 11.6 Å². The molecule has 0 N–H and O–H groups in total. The number of hydrogen-bond acceptors (Lipinski definition) is 7. The molecule has 5 rings (SSSR count). The average Bonchev–Trinajstić information content (AvgIpc) is 3.29. The first-order valence-electron chi connectivity index (χ1n) is 10.5. The Hall–Kier alpha value is -4.52. The lowest BCUT2D eigenvalue weighted by Gasteiger charge is -2.10. The quantitative estimate of drug-likeness (QED) is 0.189. The molecular formula is C27H20O7. The van der Waals surface area contributed by atoms with E-state index in [1.165, 1.54) is 13.2 Å². The molecule has 170 valence electrons. The highest BCUT2D eigenvalue weighted by Crippen LogP contribution is 2.31. The summed E-state index contributed by atoms with van der Waals surface area (Å²) in [7, 11) is 3.11. The van der Waals surface area contributed by atoms with Gasteiger partial charge in [0.15, 0.2) is 11.3 Å². The molecule has 0 unspecified atom stereocenters. The van der Waals surface area contributed by atoms with Crippen LogP contribution >= 0.6 is 0 Å². The number of methoxy groups -OCH3 is 2. The molecule has 5 aromatic rings. The highest BCUT2D eigenvalue weighted by molar-refractivity contribution is 5.96. The second-order valence-electron chi connectivity index (χ2n) is 7.65. The summed E-state index contributed by atoms with van der Waals surface area (Å²) in [6, 6.07) is 19.1. The Morgan fingerprint density at radius 1 is 0.853 bits per heavy atom. The minimum atomic E-state index is -0.675. The first-order valence-corrected chi connectivity index (χ1v) is 10.5. The van der Waals surface area contributed by atoms with E-state index in [0.29, 0.717) is 28.2 Å². The van der Waals surface area contributed by atoms with Gasteiger partial charge in [-0.15, -0.1) is 0 Å². The Kier molecular flexibility index (Phi) is 5.30. The molecule has 34 heavy (non-hydrogen) atoms. The zero-order valence-corrected chi connectivity index (χ0v) is 18.7. The lowest BCUT2D eigenvalue weighted by molar-refractivity contribution is 0.0704. The zero-order chi connectivity index (χ0) is 23.8. The van der Waals surface area contributed by atoms with Gasteiger partial charge in [-0.3, -0.25) is 0 Å². The summed E-state index contributed by atoms with van der Waals surface area (Å²) in [6.07, 6.45) is 0. The van der Waals surface area contributed by atoms with Crippen LogP contribution in [0.1, 0.15) is 16.1 Å². The average molecular weight is 456 g/mol. The van der Waals surface area contributed by atoms with Crippen molar-refractivity contribution < 1.29 is 27.8 Å². The monoisotopic (exact) mass is 456 g/mol. The highest BCUT2D eigenvalue weighted by atomic mass is 16.5. The second-order valence-corrected chi connectivity index (χ2v) is 7.65. The SMILES string of the molecule is COc1ccc(-c2c(C)c3ccc(OC(=O)c4cc5cccc(OC)c5o4)cc3oc2=O)cc1. The summed E-state index contributed by atoms with van der Waals surface area (Å²) >= 11 is 0. The molecule has 2 aromatic heterocycles. The van der Waals surface area contributed by atoms with Crippen LogP contribution in [0.15, 0.2) is 80.4 Å². The number of esters is 1. The maximum absolute atomic E-state index is 12.8. The Labute approximate surface area is 194 Å². The van der Waals surface area contributed by atoms with Gasteiger partial charge < -0.3 is 23.0 Å². The molecule has 0 saturated carbocycles. The van der Waals surface area contributed by atoms with Gasteiger partial charge in [0.25, 0.3) is 0 Å². The number of carbonyl (C=O) groups is 1. The normalized spacial score (nSPS) is 11.0. The van der Waals surface area contributed by atoms with E-state index >= 15 is 0 Å². The summed E-state index contributed by atoms with van der Waals surface area (Å²) in [5, 5.41) is 1.45. The van der Waals surface area contributed by atoms with Crippen LogP contribution in [0.4, 0.5) is 0 Å². The lowest BCUT2D eigenvalue weighted by Crippen LogP contribution is -2.08. The van der Waals surface area contributed by atoms with Crippen molar-refractivity contribution in [2.45, 2.75) is 6.92 Å². The second kappa shape index (κ2) is 8.44. The van der Waals surface area contributed by atoms with Crippen LogP contribution in [0, 0.1) is 6.92 Å². The molecular weight excluding hydrogens is 436 g/mol. The van der Waals surface area contributed by atoms with Crippen molar-refractivity contribution in [1.29, 1.82) is 0 Å². The third kappa shape index (κ3) is 3.67. The zero-order valence-electron chi connectivity index (χ0n) is 18.7. The van der Waals surface area contributed by atoms with Gasteiger partial charge in [-0.05, 0) is 54.4 Å². The van der Waals surface area contributed by atoms with Crippen molar-refractivity contribution in [3.63, 3.8) is 0 Å². The van der Waals surface area contributed by atoms with Crippen LogP contribution in [-0.4, -0.2) is 20.2 Å². The van der Waals surface area contributed by atoms with E-state index in [2.05, 4.69) is 0 Å². The maximum Gasteiger partial charge on any atom is 0.379 e. The van der Waals surface area contributed by atoms with Crippen molar-refractivity contribution >= 4 is 27.9 Å². The van der Waals surface area contributed by atoms with Crippen LogP contribution in [0.3, 0.4) is 0 Å². The topological polar surface area (TPSA) is 88.1 Å². The summed E-state index contributed by atoms with van der Waals surface area (Å²) in [4.78, 5) is 25.5. The number of ether oxygens (including phenoxy) is 3. The molecule has 0 radical (unpaired) electrons. The Bertz CT molecular complexity index is 1590. The Morgan fingerprint density at radius 2 is 1.62 bits per heavy atom. The highest BCUT2D eigenvalue weighted by Gasteiger charge is 2.19. The van der Waals surface area contributed by atoms with E-state index in [-0.39, 0.29) is 11.5 Å². The van der Waals surface area contributed by atoms with E-state index in [1.807, 2.05) is 25.1 Å². The number of furan rings is 1. The van der Waals surface area contributed by atoms with Gasteiger partial charge in [0.05, 0.1) is 19.8 Å². The minimum absolute atomic E-state index is 0.0343. The molecule has 0 fully saturated rings. The van der Waals surface area contributed by atoms with E-state index in [4.69, 9.17) is 23.0 Å². The maximum atomic E-state index is 12.8. The van der Waals surface area contributed by atoms with Gasteiger partial charge in [-0.25, -0.2) is 9.59 Å². The van der Waals surface area contributed by atoms with Crippen molar-refractivity contribution in [2.75, 3.05) is 14.2 Å². The number of fused-ring (bicyclic) bond motifs is 2. The van der Waals surface area contributed by atoms with E-state index in [9.17, 15) is 9.59 Å². The Morgan fingerprint density at radius 3 is 2.35 bits per heavy atom. The van der Waals surface area contributed by atoms with Crippen LogP contribution in [0.25, 0.3) is 33.1 Å². The number of rotatable bonds is 5. The van der Waals surface area contributed by atoms with Gasteiger partial charge in [0, 0.05) is 16.8 Å². The van der Waals surface area contributed by atoms with Crippen LogP contribution in [0.2, 0.25) is 0 Å². The molecule has 0 bridgehead atoms. The van der Waals surface area contributed by atoms with Crippen LogP contribution < -0.4 is 19.8 Å². The molecule has 0 aliphatic rings. The molecule has 0 saturated heterocycles. The van der Waals surface area contributed by atoms with Gasteiger partial charge in [-0.2, -0.15) is 0 Å². The fourth-order valence-electron chi connectivity index (χ4n) is 3.95. The predicted molar refractivity (Wildman–Crippen MR) is 127 cm³/mol. The van der Waals surface area contributed by atoms with Crippen molar-refractivity contribution in [2.24, 2.45) is 0 Å². The lowest BCUT2D eigenvalue weighted by atomic mass is 9.99. The fraction of sp³-hybridized carbons (Fsp3) is 0.111. The van der Waals surface area contributed by atoms with E-state index in [1.54, 1.807) is 49.6 Å². The fourth-order valence-corrected chi connectivity index (χ4v) is 3.95. The minimum Gasteiger partial charge on any atom is -0.497 e. The van der Waals surface area contributed by atoms with Gasteiger partial charge in [0.1, 0.15) is 17.1 Å². The van der Waals surface area contributed by atoms with Gasteiger partial charge >= 0.3 is 11.6 Å². The van der Waals surface area contributed by atoms with E-state index in [0.717, 1.165) is 21.9 Å². The van der Waals surface area contributed by atoms with Gasteiger partial charge in [0.2, 0.25) is 5.76 Å². The first kappa shape index (κ1) is 21.3. The smallest absolute Gasteiger partial charge is 0.379 e. The van der Waals surface area contributed by atoms with Gasteiger partial charge in [-0.1, -0.05) is 24.3 Å². The van der Waals surface area contributed by atoms with Crippen molar-refractivity contribution in [3.8, 4) is 28.4 Å². The summed E-state index contributed by atoms with van der Waals surface area (Å²) < 4.78 is 27.2. The summed E-state index contributed by atoms with van der Waals surface area (Å²) in [6.45, 7) is 1.85. The standard InChI is InChI=1S/C27H20O7/c1-15-20-12-11-19(32-26(28)23-13-17-5-4-6-21(31-3)25(17)33-23)14-22(20)34-27(29)24(15)16-7-9-18(30-2)10-8-16/h4-14H,1-3H3. The molecule has 0 aliphatic heterocycles. The largest absolute Gasteiger partial charge is 0.497 e. The first-order chi connectivity index (χ1) is 16.5. The van der Waals surface area contributed by atoms with Crippen molar-refractivity contribution in [3.05, 3.63) is 88.5 Å². The number of para-hydroxylation sites is 1.